The molecular formula is C21H20FN3O2. The van der Waals surface area contributed by atoms with E-state index in [0.29, 0.717) is 43.2 Å². The van der Waals surface area contributed by atoms with E-state index in [-0.39, 0.29) is 11.4 Å². The molecule has 1 aliphatic rings. The maximum absolute atomic E-state index is 14.3. The lowest BCUT2D eigenvalue weighted by Crippen LogP contribution is -2.35. The second kappa shape index (κ2) is 7.32. The van der Waals surface area contributed by atoms with Crippen LogP contribution in [0.4, 0.5) is 4.39 Å². The maximum Gasteiger partial charge on any atom is 0.254 e. The second-order valence-electron chi connectivity index (χ2n) is 6.62. The highest BCUT2D eigenvalue weighted by Gasteiger charge is 2.22. The first-order valence-electron chi connectivity index (χ1n) is 8.86. The van der Waals surface area contributed by atoms with Crippen LogP contribution in [0.15, 0.2) is 53.3 Å². The number of aromatic amines is 1. The molecule has 0 fully saturated rings. The molecule has 27 heavy (non-hydrogen) atoms. The highest BCUT2D eigenvalue weighted by Crippen LogP contribution is 2.22. The van der Waals surface area contributed by atoms with Crippen molar-refractivity contribution in [2.24, 2.45) is 0 Å². The Bertz CT molecular complexity index is 1020. The molecule has 4 rings (SSSR count). The highest BCUT2D eigenvalue weighted by atomic mass is 19.1. The van der Waals surface area contributed by atoms with Crippen molar-refractivity contribution >= 4 is 0 Å². The van der Waals surface area contributed by atoms with Gasteiger partial charge in [0.2, 0.25) is 0 Å². The van der Waals surface area contributed by atoms with Crippen LogP contribution >= 0.6 is 0 Å². The third kappa shape index (κ3) is 3.61. The van der Waals surface area contributed by atoms with Crippen LogP contribution < -0.4 is 10.3 Å². The molecule has 2 heterocycles. The smallest absolute Gasteiger partial charge is 0.254 e. The molecule has 1 aromatic heterocycles. The number of rotatable bonds is 4. The van der Waals surface area contributed by atoms with E-state index in [4.69, 9.17) is 4.74 Å². The molecule has 0 saturated carbocycles. The number of aromatic nitrogens is 2. The van der Waals surface area contributed by atoms with Gasteiger partial charge in [-0.05, 0) is 12.5 Å². The fourth-order valence-corrected chi connectivity index (χ4v) is 3.39. The van der Waals surface area contributed by atoms with E-state index >= 15 is 0 Å². The number of hydrogen-bond acceptors (Lipinski definition) is 4. The Hall–Kier alpha value is -2.99. The Morgan fingerprint density at radius 3 is 2.78 bits per heavy atom. The molecule has 6 heteroatoms. The van der Waals surface area contributed by atoms with Crippen molar-refractivity contribution in [1.82, 2.24) is 14.9 Å². The highest BCUT2D eigenvalue weighted by molar-refractivity contribution is 5.54. The quantitative estimate of drug-likeness (QED) is 0.772. The summed E-state index contributed by atoms with van der Waals surface area (Å²) in [5, 5.41) is 0. The van der Waals surface area contributed by atoms with Gasteiger partial charge in [0.05, 0.1) is 12.8 Å². The molecule has 3 aromatic rings. The second-order valence-corrected chi connectivity index (χ2v) is 6.62. The maximum atomic E-state index is 14.3. The monoisotopic (exact) mass is 365 g/mol. The SMILES string of the molecule is COc1ccc(CN2CCc3c(nc(-c4ccccc4)[nH]c3=O)C2)c(F)c1. The Morgan fingerprint density at radius 2 is 2.04 bits per heavy atom. The van der Waals surface area contributed by atoms with Crippen LogP contribution in [0.1, 0.15) is 16.8 Å². The summed E-state index contributed by atoms with van der Waals surface area (Å²) >= 11 is 0. The number of methoxy groups -OCH3 is 1. The van der Waals surface area contributed by atoms with Gasteiger partial charge in [-0.15, -0.1) is 0 Å². The van der Waals surface area contributed by atoms with Crippen molar-refractivity contribution in [2.45, 2.75) is 19.5 Å². The first-order valence-corrected chi connectivity index (χ1v) is 8.86. The van der Waals surface area contributed by atoms with Gasteiger partial charge in [0, 0.05) is 42.4 Å². The summed E-state index contributed by atoms with van der Waals surface area (Å²) in [4.78, 5) is 22.1. The summed E-state index contributed by atoms with van der Waals surface area (Å²) in [7, 11) is 1.52. The lowest BCUT2D eigenvalue weighted by molar-refractivity contribution is 0.237. The number of ether oxygens (including phenoxy) is 1. The molecule has 1 N–H and O–H groups in total. The van der Waals surface area contributed by atoms with Crippen molar-refractivity contribution in [1.29, 1.82) is 0 Å². The summed E-state index contributed by atoms with van der Waals surface area (Å²) in [6, 6.07) is 14.5. The first kappa shape index (κ1) is 17.4. The predicted molar refractivity (Wildman–Crippen MR) is 101 cm³/mol. The number of H-pyrrole nitrogens is 1. The normalized spacial score (nSPS) is 14.0. The molecule has 0 radical (unpaired) electrons. The summed E-state index contributed by atoms with van der Waals surface area (Å²) in [6.07, 6.45) is 0.602. The molecule has 0 unspecified atom stereocenters. The summed E-state index contributed by atoms with van der Waals surface area (Å²) in [5.41, 5.74) is 2.87. The predicted octanol–water partition coefficient (Wildman–Crippen LogP) is 3.14. The molecule has 0 aliphatic carbocycles. The van der Waals surface area contributed by atoms with Gasteiger partial charge in [0.25, 0.3) is 5.56 Å². The number of nitrogens with zero attached hydrogens (tertiary/aromatic N) is 2. The number of benzene rings is 2. The number of hydrogen-bond donors (Lipinski definition) is 1. The molecule has 0 spiro atoms. The summed E-state index contributed by atoms with van der Waals surface area (Å²) in [5.74, 6) is 0.779. The van der Waals surface area contributed by atoms with Crippen LogP contribution in [0.25, 0.3) is 11.4 Å². The third-order valence-electron chi connectivity index (χ3n) is 4.85. The number of nitrogens with one attached hydrogen (secondary N) is 1. The van der Waals surface area contributed by atoms with Crippen LogP contribution in [-0.4, -0.2) is 28.5 Å². The van der Waals surface area contributed by atoms with E-state index in [1.807, 2.05) is 30.3 Å². The van der Waals surface area contributed by atoms with Crippen molar-refractivity contribution in [3.8, 4) is 17.1 Å². The molecular weight excluding hydrogens is 345 g/mol. The summed E-state index contributed by atoms with van der Waals surface area (Å²) in [6.45, 7) is 1.67. The molecule has 0 amide bonds. The van der Waals surface area contributed by atoms with Gasteiger partial charge < -0.3 is 9.72 Å². The van der Waals surface area contributed by atoms with Crippen LogP contribution in [0, 0.1) is 5.82 Å². The van der Waals surface area contributed by atoms with Crippen LogP contribution in [0.3, 0.4) is 0 Å². The Kier molecular flexibility index (Phi) is 4.73. The Morgan fingerprint density at radius 1 is 1.22 bits per heavy atom. The van der Waals surface area contributed by atoms with E-state index < -0.39 is 0 Å². The largest absolute Gasteiger partial charge is 0.497 e. The van der Waals surface area contributed by atoms with Crippen molar-refractivity contribution in [3.05, 3.63) is 81.5 Å². The lowest BCUT2D eigenvalue weighted by Gasteiger charge is -2.28. The van der Waals surface area contributed by atoms with Gasteiger partial charge >= 0.3 is 0 Å². The van der Waals surface area contributed by atoms with E-state index in [1.54, 1.807) is 12.1 Å². The van der Waals surface area contributed by atoms with Gasteiger partial charge in [-0.3, -0.25) is 9.69 Å². The molecule has 0 bridgehead atoms. The zero-order valence-electron chi connectivity index (χ0n) is 15.0. The molecule has 1 aliphatic heterocycles. The standard InChI is InChI=1S/C21H20FN3O2/c1-27-16-8-7-15(18(22)11-16)12-25-10-9-17-19(13-25)23-20(24-21(17)26)14-5-3-2-4-6-14/h2-8,11H,9-10,12-13H2,1H3,(H,23,24,26). The van der Waals surface area contributed by atoms with Gasteiger partial charge in [-0.1, -0.05) is 36.4 Å². The van der Waals surface area contributed by atoms with Crippen molar-refractivity contribution < 1.29 is 9.13 Å². The first-order chi connectivity index (χ1) is 13.1. The number of halogens is 1. The van der Waals surface area contributed by atoms with Crippen LogP contribution in [0.2, 0.25) is 0 Å². The molecule has 2 aromatic carbocycles. The average molecular weight is 365 g/mol. The van der Waals surface area contributed by atoms with E-state index in [1.165, 1.54) is 13.2 Å². The van der Waals surface area contributed by atoms with E-state index in [2.05, 4.69) is 14.9 Å². The van der Waals surface area contributed by atoms with Crippen LogP contribution in [0.5, 0.6) is 5.75 Å². The van der Waals surface area contributed by atoms with E-state index in [9.17, 15) is 9.18 Å². The molecule has 5 nitrogen and oxygen atoms in total. The zero-order valence-corrected chi connectivity index (χ0v) is 15.0. The fourth-order valence-electron chi connectivity index (χ4n) is 3.39. The Labute approximate surface area is 156 Å². The third-order valence-corrected chi connectivity index (χ3v) is 4.85. The molecule has 0 saturated heterocycles. The van der Waals surface area contributed by atoms with E-state index in [0.717, 1.165) is 16.8 Å². The van der Waals surface area contributed by atoms with Crippen LogP contribution in [-0.2, 0) is 19.5 Å². The zero-order chi connectivity index (χ0) is 18.8. The summed E-state index contributed by atoms with van der Waals surface area (Å²) < 4.78 is 19.3. The van der Waals surface area contributed by atoms with Gasteiger partial charge in [0.15, 0.2) is 0 Å². The molecule has 0 atom stereocenters. The minimum absolute atomic E-state index is 0.0888. The van der Waals surface area contributed by atoms with Crippen molar-refractivity contribution in [2.75, 3.05) is 13.7 Å². The van der Waals surface area contributed by atoms with Gasteiger partial charge in [0.1, 0.15) is 17.4 Å². The molecule has 138 valence electrons. The van der Waals surface area contributed by atoms with Gasteiger partial charge in [-0.2, -0.15) is 0 Å². The lowest BCUT2D eigenvalue weighted by atomic mass is 10.0. The Balaban J connectivity index is 1.59. The fraction of sp³-hybridized carbons (Fsp3) is 0.238. The van der Waals surface area contributed by atoms with Crippen molar-refractivity contribution in [3.63, 3.8) is 0 Å². The minimum atomic E-state index is -0.288. The minimum Gasteiger partial charge on any atom is -0.497 e. The topological polar surface area (TPSA) is 58.2 Å². The average Bonchev–Trinajstić information content (AvgIpc) is 2.70. The number of fused-ring (bicyclic) bond motifs is 1. The van der Waals surface area contributed by atoms with Gasteiger partial charge in [-0.25, -0.2) is 9.37 Å².